The van der Waals surface area contributed by atoms with E-state index in [-0.39, 0.29) is 23.7 Å². The first-order chi connectivity index (χ1) is 18.7. The lowest BCUT2D eigenvalue weighted by molar-refractivity contribution is 0.00400. The van der Waals surface area contributed by atoms with Gasteiger partial charge in [0.2, 0.25) is 0 Å². The Hall–Kier alpha value is -4.60. The third-order valence-electron chi connectivity index (χ3n) is 7.36. The third-order valence-corrected chi connectivity index (χ3v) is 7.36. The second-order valence-corrected chi connectivity index (χ2v) is 9.89. The molecular formula is C30H26O9. The van der Waals surface area contributed by atoms with Crippen molar-refractivity contribution in [3.05, 3.63) is 101 Å². The van der Waals surface area contributed by atoms with Crippen molar-refractivity contribution in [2.75, 3.05) is 0 Å². The predicted molar refractivity (Wildman–Crippen MR) is 138 cm³/mol. The topological polar surface area (TPSA) is 160 Å². The van der Waals surface area contributed by atoms with E-state index in [4.69, 9.17) is 9.47 Å². The summed E-state index contributed by atoms with van der Waals surface area (Å²) in [5.74, 6) is -1.08. The minimum atomic E-state index is -1.23. The second-order valence-electron chi connectivity index (χ2n) is 9.89. The molecular weight excluding hydrogens is 504 g/mol. The first kappa shape index (κ1) is 24.7. The minimum Gasteiger partial charge on any atom is -0.508 e. The van der Waals surface area contributed by atoms with Crippen molar-refractivity contribution in [1.82, 2.24) is 0 Å². The number of aromatic hydroxyl groups is 5. The summed E-state index contributed by atoms with van der Waals surface area (Å²) in [7, 11) is 0. The Morgan fingerprint density at radius 3 is 1.87 bits per heavy atom. The van der Waals surface area contributed by atoms with Gasteiger partial charge in [0.05, 0.1) is 6.10 Å². The Morgan fingerprint density at radius 2 is 1.15 bits per heavy atom. The van der Waals surface area contributed by atoms with E-state index >= 15 is 0 Å². The molecule has 200 valence electrons. The summed E-state index contributed by atoms with van der Waals surface area (Å²) in [5.41, 5.74) is 2.44. The molecule has 0 bridgehead atoms. The first-order valence-corrected chi connectivity index (χ1v) is 12.4. The zero-order chi connectivity index (χ0) is 27.4. The molecule has 0 fully saturated rings. The van der Waals surface area contributed by atoms with E-state index < -0.39 is 41.8 Å². The number of hydrogen-bond acceptors (Lipinski definition) is 9. The fourth-order valence-corrected chi connectivity index (χ4v) is 5.49. The molecule has 0 saturated carbocycles. The lowest BCUT2D eigenvalue weighted by Gasteiger charge is -2.39. The van der Waals surface area contributed by atoms with Crippen LogP contribution in [0.15, 0.2) is 72.8 Å². The van der Waals surface area contributed by atoms with E-state index in [1.807, 2.05) is 0 Å². The van der Waals surface area contributed by atoms with Crippen LogP contribution in [0.3, 0.4) is 0 Å². The number of phenols is 5. The molecule has 0 amide bonds. The molecule has 2 aliphatic heterocycles. The highest BCUT2D eigenvalue weighted by molar-refractivity contribution is 5.56. The van der Waals surface area contributed by atoms with Crippen LogP contribution in [0, 0.1) is 0 Å². The number of aliphatic hydroxyl groups excluding tert-OH is 2. The highest BCUT2D eigenvalue weighted by Gasteiger charge is 2.43. The van der Waals surface area contributed by atoms with Gasteiger partial charge in [-0.1, -0.05) is 24.3 Å². The molecule has 0 radical (unpaired) electrons. The molecule has 0 saturated heterocycles. The highest BCUT2D eigenvalue weighted by atomic mass is 16.5. The number of aliphatic hydroxyl groups is 2. The first-order valence-electron chi connectivity index (χ1n) is 12.4. The molecule has 0 aliphatic carbocycles. The average Bonchev–Trinajstić information content (AvgIpc) is 2.90. The van der Waals surface area contributed by atoms with Crippen LogP contribution in [0.2, 0.25) is 0 Å². The molecule has 39 heavy (non-hydrogen) atoms. The maximum Gasteiger partial charge on any atom is 0.157 e. The van der Waals surface area contributed by atoms with Gasteiger partial charge < -0.3 is 45.2 Å². The van der Waals surface area contributed by atoms with Gasteiger partial charge in [0.1, 0.15) is 34.9 Å². The van der Waals surface area contributed by atoms with Gasteiger partial charge in [-0.25, -0.2) is 0 Å². The molecule has 7 N–H and O–H groups in total. The number of hydrogen-bond donors (Lipinski definition) is 7. The number of benzene rings is 4. The Bertz CT molecular complexity index is 1550. The van der Waals surface area contributed by atoms with Crippen LogP contribution in [0.4, 0.5) is 0 Å². The molecule has 4 aromatic carbocycles. The SMILES string of the molecule is Oc1ccc([C@H]2Oc3cc(O)ccc3[C@@H](c3cc(O)c(O)cc3[C@@H]3Oc4cc(O)ccc4C[C@H]3O)[C@@H]2O)cc1. The third kappa shape index (κ3) is 4.31. The number of rotatable bonds is 3. The van der Waals surface area contributed by atoms with Gasteiger partial charge in [0, 0.05) is 35.6 Å². The van der Waals surface area contributed by atoms with Gasteiger partial charge >= 0.3 is 0 Å². The van der Waals surface area contributed by atoms with Crippen molar-refractivity contribution in [2.45, 2.75) is 36.8 Å². The zero-order valence-electron chi connectivity index (χ0n) is 20.5. The second kappa shape index (κ2) is 9.30. The van der Waals surface area contributed by atoms with Gasteiger partial charge in [0.25, 0.3) is 0 Å². The fourth-order valence-electron chi connectivity index (χ4n) is 5.49. The van der Waals surface area contributed by atoms with Gasteiger partial charge in [-0.05, 0) is 53.1 Å². The smallest absolute Gasteiger partial charge is 0.157 e. The fraction of sp³-hybridized carbons (Fsp3) is 0.200. The van der Waals surface area contributed by atoms with Crippen molar-refractivity contribution in [2.24, 2.45) is 0 Å². The van der Waals surface area contributed by atoms with Gasteiger partial charge in [-0.2, -0.15) is 0 Å². The van der Waals surface area contributed by atoms with E-state index in [1.54, 1.807) is 24.3 Å². The molecule has 0 spiro atoms. The molecule has 9 nitrogen and oxygen atoms in total. The summed E-state index contributed by atoms with van der Waals surface area (Å²) in [6.07, 6.45) is -4.01. The van der Waals surface area contributed by atoms with Crippen LogP contribution in [-0.4, -0.2) is 48.0 Å². The maximum absolute atomic E-state index is 11.7. The summed E-state index contributed by atoms with van der Waals surface area (Å²) in [4.78, 5) is 0. The molecule has 6 rings (SSSR count). The van der Waals surface area contributed by atoms with E-state index in [9.17, 15) is 35.7 Å². The van der Waals surface area contributed by atoms with Crippen LogP contribution >= 0.6 is 0 Å². The number of fused-ring (bicyclic) bond motifs is 2. The lowest BCUT2D eigenvalue weighted by atomic mass is 9.76. The summed E-state index contributed by atoms with van der Waals surface area (Å²) in [6, 6.07) is 17.9. The van der Waals surface area contributed by atoms with Crippen molar-refractivity contribution in [1.29, 1.82) is 0 Å². The normalized spacial score (nSPS) is 23.7. The number of phenolic OH excluding ortho intramolecular Hbond substituents is 5. The molecule has 0 aromatic heterocycles. The van der Waals surface area contributed by atoms with Crippen molar-refractivity contribution in [3.63, 3.8) is 0 Å². The van der Waals surface area contributed by atoms with E-state index in [0.717, 1.165) is 0 Å². The van der Waals surface area contributed by atoms with Crippen LogP contribution < -0.4 is 9.47 Å². The van der Waals surface area contributed by atoms with E-state index in [1.165, 1.54) is 48.5 Å². The Labute approximate surface area is 223 Å². The molecule has 4 aromatic rings. The zero-order valence-corrected chi connectivity index (χ0v) is 20.5. The average molecular weight is 531 g/mol. The lowest BCUT2D eigenvalue weighted by Crippen LogP contribution is -2.37. The molecule has 2 aliphatic rings. The van der Waals surface area contributed by atoms with Crippen molar-refractivity contribution in [3.8, 4) is 40.2 Å². The van der Waals surface area contributed by atoms with Crippen LogP contribution in [0.25, 0.3) is 0 Å². The monoisotopic (exact) mass is 530 g/mol. The van der Waals surface area contributed by atoms with E-state index in [2.05, 4.69) is 0 Å². The Kier molecular flexibility index (Phi) is 5.90. The summed E-state index contributed by atoms with van der Waals surface area (Å²) < 4.78 is 12.2. The summed E-state index contributed by atoms with van der Waals surface area (Å²) in [6.45, 7) is 0. The van der Waals surface area contributed by atoms with Crippen LogP contribution in [0.1, 0.15) is 45.9 Å². The Morgan fingerprint density at radius 1 is 0.564 bits per heavy atom. The van der Waals surface area contributed by atoms with Gasteiger partial charge in [-0.3, -0.25) is 0 Å². The standard InChI is InChI=1S/C30H26O9/c31-16-4-1-14(2-5-16)29-28(37)27(19-8-7-18(33)11-26(19)39-29)20-12-22(34)23(35)13-21(20)30-24(36)9-15-3-6-17(32)10-25(15)38-30/h1-8,10-13,24,27-37H,9H2/t24-,27+,28+,29-,30+/m1/s1. The van der Waals surface area contributed by atoms with Crippen molar-refractivity contribution < 1.29 is 45.2 Å². The molecule has 9 heteroatoms. The van der Waals surface area contributed by atoms with E-state index in [0.29, 0.717) is 39.3 Å². The quantitative estimate of drug-likeness (QED) is 0.195. The van der Waals surface area contributed by atoms with Gasteiger partial charge in [-0.15, -0.1) is 0 Å². The molecule has 5 atom stereocenters. The summed E-state index contributed by atoms with van der Waals surface area (Å²) in [5, 5.41) is 73.7. The molecule has 2 heterocycles. The van der Waals surface area contributed by atoms with Crippen molar-refractivity contribution >= 4 is 0 Å². The highest BCUT2D eigenvalue weighted by Crippen LogP contribution is 2.51. The van der Waals surface area contributed by atoms with Crippen LogP contribution in [0.5, 0.6) is 40.2 Å². The minimum absolute atomic E-state index is 0.0111. The largest absolute Gasteiger partial charge is 0.508 e. The maximum atomic E-state index is 11.7. The van der Waals surface area contributed by atoms with Gasteiger partial charge in [0.15, 0.2) is 23.7 Å². The summed E-state index contributed by atoms with van der Waals surface area (Å²) >= 11 is 0. The predicted octanol–water partition coefficient (Wildman–Crippen LogP) is 3.88. The Balaban J connectivity index is 1.51. The number of ether oxygens (including phenoxy) is 2. The van der Waals surface area contributed by atoms with Crippen LogP contribution in [-0.2, 0) is 6.42 Å². The molecule has 0 unspecified atom stereocenters.